The summed E-state index contributed by atoms with van der Waals surface area (Å²) in [6.45, 7) is 0. The fourth-order valence-corrected chi connectivity index (χ4v) is 1.17. The molecule has 0 unspecified atom stereocenters. The van der Waals surface area contributed by atoms with Crippen LogP contribution in [0.15, 0.2) is 18.3 Å². The van der Waals surface area contributed by atoms with Crippen LogP contribution in [-0.4, -0.2) is 31.0 Å². The van der Waals surface area contributed by atoms with Crippen molar-refractivity contribution in [1.82, 2.24) is 25.2 Å². The second kappa shape index (κ2) is 4.13. The Labute approximate surface area is 90.1 Å². The number of nitrogens with zero attached hydrogens (tertiary/aromatic N) is 5. The number of ketones is 1. The molecule has 2 aromatic heterocycles. The number of halogens is 1. The predicted octanol–water partition coefficient (Wildman–Crippen LogP) is 0.170. The average Bonchev–Trinajstić information content (AvgIpc) is 2.65. The molecule has 7 heteroatoms. The predicted molar refractivity (Wildman–Crippen MR) is 51.0 cm³/mol. The number of tetrazole rings is 1. The highest BCUT2D eigenvalue weighted by molar-refractivity contribution is 5.95. The SMILES string of the molecule is Cn1nnc(CC(=O)c2ccc(F)cn2)n1. The first-order valence-electron chi connectivity index (χ1n) is 4.53. The van der Waals surface area contributed by atoms with Crippen molar-refractivity contribution in [3.63, 3.8) is 0 Å². The fourth-order valence-electron chi connectivity index (χ4n) is 1.17. The molecule has 0 saturated heterocycles. The number of rotatable bonds is 3. The molecular weight excluding hydrogens is 213 g/mol. The third kappa shape index (κ3) is 2.25. The largest absolute Gasteiger partial charge is 0.292 e. The summed E-state index contributed by atoms with van der Waals surface area (Å²) in [4.78, 5) is 16.6. The molecule has 2 aromatic rings. The first kappa shape index (κ1) is 10.3. The summed E-state index contributed by atoms with van der Waals surface area (Å²) < 4.78 is 12.6. The van der Waals surface area contributed by atoms with E-state index in [-0.39, 0.29) is 17.9 Å². The van der Waals surface area contributed by atoms with Crippen molar-refractivity contribution >= 4 is 5.78 Å². The number of carbonyl (C=O) groups excluding carboxylic acids is 1. The zero-order valence-electron chi connectivity index (χ0n) is 8.46. The molecule has 2 heterocycles. The summed E-state index contributed by atoms with van der Waals surface area (Å²) in [5, 5.41) is 11.1. The van der Waals surface area contributed by atoms with Gasteiger partial charge in [0, 0.05) is 0 Å². The van der Waals surface area contributed by atoms with Gasteiger partial charge in [-0.05, 0) is 17.3 Å². The van der Waals surface area contributed by atoms with Gasteiger partial charge in [0.05, 0.1) is 19.7 Å². The van der Waals surface area contributed by atoms with Gasteiger partial charge in [-0.15, -0.1) is 10.2 Å². The zero-order valence-corrected chi connectivity index (χ0v) is 8.46. The number of carbonyl (C=O) groups is 1. The van der Waals surface area contributed by atoms with Crippen LogP contribution >= 0.6 is 0 Å². The summed E-state index contributed by atoms with van der Waals surface area (Å²) in [7, 11) is 1.61. The first-order chi connectivity index (χ1) is 7.65. The Balaban J connectivity index is 2.11. The van der Waals surface area contributed by atoms with E-state index in [9.17, 15) is 9.18 Å². The van der Waals surface area contributed by atoms with Gasteiger partial charge < -0.3 is 0 Å². The summed E-state index contributed by atoms with van der Waals surface area (Å²) in [5.74, 6) is -0.430. The van der Waals surface area contributed by atoms with Crippen LogP contribution < -0.4 is 0 Å². The zero-order chi connectivity index (χ0) is 11.5. The number of Topliss-reactive ketones (excluding diaryl/α,β-unsaturated/α-hetero) is 1. The Morgan fingerprint density at radius 2 is 2.31 bits per heavy atom. The van der Waals surface area contributed by atoms with E-state index >= 15 is 0 Å². The molecule has 0 spiro atoms. The lowest BCUT2D eigenvalue weighted by molar-refractivity contribution is 0.0986. The summed E-state index contributed by atoms with van der Waals surface area (Å²) in [6.07, 6.45) is 1.00. The van der Waals surface area contributed by atoms with Crippen LogP contribution in [-0.2, 0) is 13.5 Å². The van der Waals surface area contributed by atoms with E-state index < -0.39 is 5.82 Å². The number of aryl methyl sites for hydroxylation is 1. The third-order valence-electron chi connectivity index (χ3n) is 1.88. The highest BCUT2D eigenvalue weighted by Crippen LogP contribution is 2.02. The lowest BCUT2D eigenvalue weighted by Crippen LogP contribution is -2.07. The minimum absolute atomic E-state index is 0.00642. The normalized spacial score (nSPS) is 10.4. The summed E-state index contributed by atoms with van der Waals surface area (Å²) >= 11 is 0. The van der Waals surface area contributed by atoms with E-state index in [1.165, 1.54) is 16.9 Å². The van der Waals surface area contributed by atoms with Crippen LogP contribution in [0, 0.1) is 5.82 Å². The fraction of sp³-hybridized carbons (Fsp3) is 0.222. The van der Waals surface area contributed by atoms with Gasteiger partial charge in [0.25, 0.3) is 0 Å². The number of hydrogen-bond donors (Lipinski definition) is 0. The van der Waals surface area contributed by atoms with Crippen molar-refractivity contribution in [2.75, 3.05) is 0 Å². The summed E-state index contributed by atoms with van der Waals surface area (Å²) in [6, 6.07) is 2.51. The molecule has 2 rings (SSSR count). The van der Waals surface area contributed by atoms with Crippen LogP contribution in [0.2, 0.25) is 0 Å². The molecule has 0 saturated carbocycles. The van der Waals surface area contributed by atoms with Crippen molar-refractivity contribution < 1.29 is 9.18 Å². The Morgan fingerprint density at radius 3 is 2.88 bits per heavy atom. The summed E-state index contributed by atoms with van der Waals surface area (Å²) in [5.41, 5.74) is 0.189. The van der Waals surface area contributed by atoms with Gasteiger partial charge in [-0.25, -0.2) is 4.39 Å². The average molecular weight is 221 g/mol. The Kier molecular flexibility index (Phi) is 2.67. The third-order valence-corrected chi connectivity index (χ3v) is 1.88. The van der Waals surface area contributed by atoms with E-state index in [1.54, 1.807) is 7.05 Å². The van der Waals surface area contributed by atoms with Gasteiger partial charge in [-0.2, -0.15) is 4.80 Å². The van der Waals surface area contributed by atoms with Gasteiger partial charge in [-0.1, -0.05) is 0 Å². The second-order valence-electron chi connectivity index (χ2n) is 3.16. The van der Waals surface area contributed by atoms with Gasteiger partial charge in [-0.3, -0.25) is 9.78 Å². The van der Waals surface area contributed by atoms with Gasteiger partial charge >= 0.3 is 0 Å². The van der Waals surface area contributed by atoms with E-state index in [1.807, 2.05) is 0 Å². The van der Waals surface area contributed by atoms with Gasteiger partial charge in [0.1, 0.15) is 11.5 Å². The van der Waals surface area contributed by atoms with E-state index in [2.05, 4.69) is 20.4 Å². The molecule has 0 aromatic carbocycles. The maximum atomic E-state index is 12.6. The lowest BCUT2D eigenvalue weighted by Gasteiger charge is -1.96. The van der Waals surface area contributed by atoms with Crippen molar-refractivity contribution in [3.8, 4) is 0 Å². The molecule has 0 aliphatic rings. The highest BCUT2D eigenvalue weighted by atomic mass is 19.1. The van der Waals surface area contributed by atoms with E-state index in [4.69, 9.17) is 0 Å². The molecule has 82 valence electrons. The molecule has 0 bridgehead atoms. The van der Waals surface area contributed by atoms with Gasteiger partial charge in [0.2, 0.25) is 0 Å². The standard InChI is InChI=1S/C9H8FN5O/c1-15-13-9(12-14-15)4-8(16)7-3-2-6(10)5-11-7/h2-3,5H,4H2,1H3. The smallest absolute Gasteiger partial charge is 0.188 e. The lowest BCUT2D eigenvalue weighted by atomic mass is 10.2. The van der Waals surface area contributed by atoms with Crippen molar-refractivity contribution in [2.45, 2.75) is 6.42 Å². The molecule has 6 nitrogen and oxygen atoms in total. The topological polar surface area (TPSA) is 73.6 Å². The molecule has 0 radical (unpaired) electrons. The van der Waals surface area contributed by atoms with E-state index in [0.29, 0.717) is 5.82 Å². The molecule has 0 atom stereocenters. The number of aromatic nitrogens is 5. The highest BCUT2D eigenvalue weighted by Gasteiger charge is 2.11. The van der Waals surface area contributed by atoms with Crippen LogP contribution in [0.3, 0.4) is 0 Å². The van der Waals surface area contributed by atoms with Crippen molar-refractivity contribution in [1.29, 1.82) is 0 Å². The molecule has 0 N–H and O–H groups in total. The monoisotopic (exact) mass is 221 g/mol. The molecule has 0 fully saturated rings. The van der Waals surface area contributed by atoms with Crippen LogP contribution in [0.25, 0.3) is 0 Å². The number of hydrogen-bond acceptors (Lipinski definition) is 5. The Hall–Kier alpha value is -2.18. The minimum atomic E-state index is -0.478. The maximum absolute atomic E-state index is 12.6. The quantitative estimate of drug-likeness (QED) is 0.691. The minimum Gasteiger partial charge on any atom is -0.292 e. The number of pyridine rings is 1. The first-order valence-corrected chi connectivity index (χ1v) is 4.53. The van der Waals surface area contributed by atoms with Crippen LogP contribution in [0.5, 0.6) is 0 Å². The Morgan fingerprint density at radius 1 is 1.50 bits per heavy atom. The second-order valence-corrected chi connectivity index (χ2v) is 3.16. The van der Waals surface area contributed by atoms with Crippen molar-refractivity contribution in [2.24, 2.45) is 7.05 Å². The molecule has 0 amide bonds. The van der Waals surface area contributed by atoms with Crippen molar-refractivity contribution in [3.05, 3.63) is 35.7 Å². The van der Waals surface area contributed by atoms with Gasteiger partial charge in [0.15, 0.2) is 11.6 Å². The van der Waals surface area contributed by atoms with Crippen LogP contribution in [0.4, 0.5) is 4.39 Å². The molecule has 16 heavy (non-hydrogen) atoms. The Bertz CT molecular complexity index is 507. The van der Waals surface area contributed by atoms with Crippen LogP contribution in [0.1, 0.15) is 16.3 Å². The molecule has 0 aliphatic heterocycles. The van der Waals surface area contributed by atoms with E-state index in [0.717, 1.165) is 6.20 Å². The maximum Gasteiger partial charge on any atom is 0.188 e. The molecular formula is C9H8FN5O. The molecule has 0 aliphatic carbocycles.